The van der Waals surface area contributed by atoms with Gasteiger partial charge in [-0.05, 0) is 0 Å². The van der Waals surface area contributed by atoms with Gasteiger partial charge in [0, 0.05) is 0 Å². The number of aromatic nitrogens is 1. The van der Waals surface area contributed by atoms with Crippen molar-refractivity contribution in [3.05, 3.63) is 161 Å². The molecule has 11 heteroatoms. The van der Waals surface area contributed by atoms with Crippen LogP contribution in [-0.2, 0) is 11.8 Å². The fourth-order valence-corrected chi connectivity index (χ4v) is 20.3. The van der Waals surface area contributed by atoms with Crippen molar-refractivity contribution in [3.63, 3.8) is 0 Å². The monoisotopic (exact) mass is 646 g/mol. The molecule has 7 aliphatic rings. The van der Waals surface area contributed by atoms with Crippen molar-refractivity contribution in [2.24, 2.45) is 4.52 Å². The zero-order valence-electron chi connectivity index (χ0n) is 26.7. The Bertz CT molecular complexity index is 2750. The van der Waals surface area contributed by atoms with E-state index in [1.807, 2.05) is 0 Å². The molecule has 49 heavy (non-hydrogen) atoms. The Morgan fingerprint density at radius 3 is 2.10 bits per heavy atom. The summed E-state index contributed by atoms with van der Waals surface area (Å²) in [4.78, 5) is 0. The first kappa shape index (κ1) is 26.0. The summed E-state index contributed by atoms with van der Waals surface area (Å²) < 4.78 is 8.62. The van der Waals surface area contributed by atoms with Crippen LogP contribution >= 0.6 is 13.9 Å². The SMILES string of the molecule is [B]1B2[B-]P12(N=[P+]1B2[B-]B21)c1cc2c3c4c1c1ccccc1n4-c1cccc4c1B3c1c(cccc1C4(c1ccccc1)c1ccccc1)C2. The Morgan fingerprint density at radius 2 is 1.41 bits per heavy atom. The summed E-state index contributed by atoms with van der Waals surface area (Å²) >= 11 is 0. The Morgan fingerprint density at radius 1 is 0.735 bits per heavy atom. The number of nitrogens with zero attached hydrogens (tertiary/aromatic N) is 2. The fraction of sp³-hybridized carbons (Fsp3) is 0.0526. The van der Waals surface area contributed by atoms with Crippen LogP contribution in [0.4, 0.5) is 0 Å². The van der Waals surface area contributed by atoms with E-state index < -0.39 is 11.8 Å². The summed E-state index contributed by atoms with van der Waals surface area (Å²) in [5.41, 5.74) is 16.8. The van der Waals surface area contributed by atoms with Crippen LogP contribution in [0.5, 0.6) is 0 Å². The van der Waals surface area contributed by atoms with E-state index in [-0.39, 0.29) is 14.2 Å². The first-order valence-corrected chi connectivity index (χ1v) is 21.6. The van der Waals surface area contributed by atoms with Gasteiger partial charge >= 0.3 is 291 Å². The zero-order chi connectivity index (χ0) is 31.5. The number of hydrogen-bond donors (Lipinski definition) is 0. The molecule has 0 atom stereocenters. The van der Waals surface area contributed by atoms with Crippen LogP contribution < -0.4 is 21.7 Å². The summed E-state index contributed by atoms with van der Waals surface area (Å²) in [6.07, 6.45) is 0.823. The molecule has 0 aliphatic carbocycles. The maximum atomic E-state index is 5.93. The first-order valence-electron chi connectivity index (χ1n) is 17.8. The van der Waals surface area contributed by atoms with Gasteiger partial charge in [0.25, 0.3) is 0 Å². The Labute approximate surface area is 289 Å². The molecule has 4 fully saturated rings. The third kappa shape index (κ3) is 2.73. The molecule has 5 radical (unpaired) electrons. The molecule has 8 heterocycles. The maximum absolute atomic E-state index is 5.93. The average Bonchev–Trinajstić information content (AvgIpc) is 4.07. The molecule has 1 aromatic heterocycles. The van der Waals surface area contributed by atoms with Crippen molar-refractivity contribution in [1.29, 1.82) is 0 Å². The van der Waals surface area contributed by atoms with Crippen molar-refractivity contribution in [1.82, 2.24) is 4.57 Å². The summed E-state index contributed by atoms with van der Waals surface area (Å²) in [7, 11) is 2.38. The van der Waals surface area contributed by atoms with E-state index in [9.17, 15) is 0 Å². The molecule has 2 nitrogen and oxygen atoms in total. The van der Waals surface area contributed by atoms with E-state index in [0.29, 0.717) is 6.21 Å². The second-order valence-corrected chi connectivity index (χ2v) is 22.4. The van der Waals surface area contributed by atoms with Crippen molar-refractivity contribution >= 4 is 104 Å². The predicted octanol–water partition coefficient (Wildman–Crippen LogP) is 5.01. The van der Waals surface area contributed by atoms with Crippen LogP contribution in [0, 0.1) is 0 Å². The van der Waals surface area contributed by atoms with Gasteiger partial charge in [-0.2, -0.15) is 0 Å². The molecule has 0 amide bonds. The van der Waals surface area contributed by atoms with Crippen molar-refractivity contribution in [3.8, 4) is 5.69 Å². The molecule has 7 aromatic rings. The van der Waals surface area contributed by atoms with E-state index in [0.717, 1.165) is 18.8 Å². The zero-order valence-corrected chi connectivity index (χ0v) is 28.5. The third-order valence-corrected chi connectivity index (χ3v) is 21.8. The summed E-state index contributed by atoms with van der Waals surface area (Å²) in [5, 5.41) is 4.49. The Balaban J connectivity index is 1.18. The number of para-hydroxylation sites is 1. The van der Waals surface area contributed by atoms with Crippen LogP contribution in [-0.4, -0.2) is 50.8 Å². The van der Waals surface area contributed by atoms with E-state index in [1.165, 1.54) is 71.8 Å². The number of rotatable bonds is 4. The summed E-state index contributed by atoms with van der Waals surface area (Å²) in [6, 6.07) is 49.1. The number of hydrogen-bond acceptors (Lipinski definition) is 1. The average molecular weight is 645 g/mol. The molecule has 4 saturated heterocycles. The van der Waals surface area contributed by atoms with E-state index in [2.05, 4.69) is 153 Å². The molecule has 217 valence electrons. The normalized spacial score (nSPS) is 21.0. The van der Waals surface area contributed by atoms with Gasteiger partial charge in [-0.1, -0.05) is 0 Å². The van der Waals surface area contributed by atoms with Crippen LogP contribution in [0.1, 0.15) is 33.4 Å². The molecule has 6 aromatic carbocycles. The number of fused-ring (bicyclic) bond motifs is 6. The molecular formula is C38H23B7N2P2-. The summed E-state index contributed by atoms with van der Waals surface area (Å²) in [6.45, 7) is 5.60. The molecule has 14 rings (SSSR count). The quantitative estimate of drug-likeness (QED) is 0.189. The van der Waals surface area contributed by atoms with Gasteiger partial charge in [-0.25, -0.2) is 0 Å². The van der Waals surface area contributed by atoms with Crippen molar-refractivity contribution < 1.29 is 0 Å². The van der Waals surface area contributed by atoms with E-state index in [4.69, 9.17) is 4.52 Å². The Hall–Kier alpha value is -3.90. The first-order chi connectivity index (χ1) is 24.2. The molecular weight excluding hydrogens is 622 g/mol. The molecule has 0 unspecified atom stereocenters. The minimum absolute atomic E-state index is 0.147. The minimum atomic E-state index is -2.43. The van der Waals surface area contributed by atoms with Gasteiger partial charge in [-0.3, -0.25) is 0 Å². The van der Waals surface area contributed by atoms with Crippen molar-refractivity contribution in [2.75, 3.05) is 0 Å². The van der Waals surface area contributed by atoms with Crippen LogP contribution in [0.25, 0.3) is 27.5 Å². The second-order valence-electron chi connectivity index (χ2n) is 15.5. The molecule has 0 bridgehead atoms. The van der Waals surface area contributed by atoms with Gasteiger partial charge < -0.3 is 0 Å². The molecule has 7 aliphatic heterocycles. The van der Waals surface area contributed by atoms with E-state index >= 15 is 0 Å². The van der Waals surface area contributed by atoms with Gasteiger partial charge in [-0.15, -0.1) is 0 Å². The molecule has 0 saturated carbocycles. The van der Waals surface area contributed by atoms with E-state index in [1.54, 1.807) is 10.8 Å². The fourth-order valence-electron chi connectivity index (χ4n) is 10.9. The van der Waals surface area contributed by atoms with Crippen LogP contribution in [0.2, 0.25) is 0 Å². The van der Waals surface area contributed by atoms with Crippen LogP contribution in [0.3, 0.4) is 0 Å². The third-order valence-electron chi connectivity index (χ3n) is 13.4. The van der Waals surface area contributed by atoms with Crippen molar-refractivity contribution in [2.45, 2.75) is 11.8 Å². The second kappa shape index (κ2) is 8.02. The van der Waals surface area contributed by atoms with Gasteiger partial charge in [0.15, 0.2) is 0 Å². The van der Waals surface area contributed by atoms with Gasteiger partial charge in [0.05, 0.1) is 0 Å². The predicted molar refractivity (Wildman–Crippen MR) is 217 cm³/mol. The van der Waals surface area contributed by atoms with Gasteiger partial charge in [0.1, 0.15) is 0 Å². The van der Waals surface area contributed by atoms with Crippen LogP contribution in [0.15, 0.2) is 132 Å². The number of benzene rings is 6. The molecule has 0 spiro atoms. The summed E-state index contributed by atoms with van der Waals surface area (Å²) in [5.74, 6) is 0. The standard InChI is InChI=1S/C38H23B7N2P2/c1-3-12-25(13-4-1)38(26-14-5-2-6-15-26)28-17-9-11-23-21-24-22-32(49(40-43(49)41-49)46-48-44-39-45(44)48)33-27-16-7-8-19-30(27)47-31-20-10-18-29(38)36(31)42(34(23)28)35(24)37(33)47/h1-20,22H,21H2/q-1. The topological polar surface area (TPSA) is 17.3 Å². The van der Waals surface area contributed by atoms with Gasteiger partial charge in [0.2, 0.25) is 0 Å². The Kier molecular flexibility index (Phi) is 4.25. The molecule has 0 N–H and O–H groups in total.